The summed E-state index contributed by atoms with van der Waals surface area (Å²) >= 11 is 0. The van der Waals surface area contributed by atoms with Crippen LogP contribution >= 0.6 is 0 Å². The molecule has 0 bridgehead atoms. The van der Waals surface area contributed by atoms with Crippen LogP contribution in [-0.4, -0.2) is 48.0 Å². The molecule has 0 radical (unpaired) electrons. The van der Waals surface area contributed by atoms with Crippen LogP contribution in [0.15, 0.2) is 24.3 Å². The molecule has 1 N–H and O–H groups in total. The number of fused-ring (bicyclic) bond motifs is 1. The summed E-state index contributed by atoms with van der Waals surface area (Å²) in [4.78, 5) is 25.4. The minimum Gasteiger partial charge on any atom is -0.461 e. The van der Waals surface area contributed by atoms with Crippen molar-refractivity contribution in [1.29, 1.82) is 0 Å². The Balaban J connectivity index is 1.50. The molecule has 1 aliphatic carbocycles. The zero-order valence-corrected chi connectivity index (χ0v) is 19.1. The number of hydrogen-bond acceptors (Lipinski definition) is 5. The number of ether oxygens (including phenoxy) is 2. The molecule has 1 aromatic heterocycles. The second-order valence-corrected chi connectivity index (χ2v) is 9.05. The van der Waals surface area contributed by atoms with E-state index in [1.54, 1.807) is 12.1 Å². The zero-order valence-electron chi connectivity index (χ0n) is 19.1. The first-order valence-electron chi connectivity index (χ1n) is 11.7. The van der Waals surface area contributed by atoms with Crippen molar-refractivity contribution in [2.75, 3.05) is 26.4 Å². The number of nitrogens with one attached hydrogen (secondary N) is 1. The van der Waals surface area contributed by atoms with Gasteiger partial charge in [0, 0.05) is 25.2 Å². The van der Waals surface area contributed by atoms with Gasteiger partial charge in [0.25, 0.3) is 5.91 Å². The summed E-state index contributed by atoms with van der Waals surface area (Å²) < 4.78 is 13.4. The Labute approximate surface area is 189 Å². The van der Waals surface area contributed by atoms with E-state index in [4.69, 9.17) is 14.6 Å². The maximum absolute atomic E-state index is 12.9. The van der Waals surface area contributed by atoms with Gasteiger partial charge in [-0.1, -0.05) is 24.6 Å². The van der Waals surface area contributed by atoms with E-state index >= 15 is 0 Å². The van der Waals surface area contributed by atoms with Crippen LogP contribution in [0.4, 0.5) is 0 Å². The maximum Gasteiger partial charge on any atom is 0.338 e. The second-order valence-electron chi connectivity index (χ2n) is 9.05. The third-order valence-corrected chi connectivity index (χ3v) is 6.38. The molecule has 2 aliphatic rings. The first kappa shape index (κ1) is 22.5. The zero-order chi connectivity index (χ0) is 22.6. The van der Waals surface area contributed by atoms with E-state index in [-0.39, 0.29) is 17.3 Å². The fraction of sp³-hybridized carbons (Fsp3) is 0.560. The molecule has 1 amide bonds. The van der Waals surface area contributed by atoms with Crippen LogP contribution in [0.5, 0.6) is 0 Å². The predicted molar refractivity (Wildman–Crippen MR) is 121 cm³/mol. The summed E-state index contributed by atoms with van der Waals surface area (Å²) in [5, 5.41) is 7.85. The minimum absolute atomic E-state index is 0.0411. The molecule has 2 aromatic rings. The summed E-state index contributed by atoms with van der Waals surface area (Å²) in [5.41, 5.74) is 4.11. The summed E-state index contributed by atoms with van der Waals surface area (Å²) in [6.07, 6.45) is 5.08. The Bertz CT molecular complexity index is 960. The minimum atomic E-state index is -0.290. The number of amides is 1. The van der Waals surface area contributed by atoms with Crippen molar-refractivity contribution in [2.24, 2.45) is 5.41 Å². The number of nitrogens with zero attached hydrogens (tertiary/aromatic N) is 2. The van der Waals surface area contributed by atoms with Gasteiger partial charge >= 0.3 is 5.97 Å². The Morgan fingerprint density at radius 3 is 2.69 bits per heavy atom. The third kappa shape index (κ3) is 5.21. The van der Waals surface area contributed by atoms with Gasteiger partial charge in [-0.15, -0.1) is 0 Å². The van der Waals surface area contributed by atoms with Gasteiger partial charge < -0.3 is 14.8 Å². The highest BCUT2D eigenvalue weighted by Crippen LogP contribution is 2.47. The third-order valence-electron chi connectivity index (χ3n) is 6.38. The summed E-state index contributed by atoms with van der Waals surface area (Å²) in [6.45, 7) is 7.00. The van der Waals surface area contributed by atoms with E-state index in [0.29, 0.717) is 44.9 Å². The van der Waals surface area contributed by atoms with Crippen molar-refractivity contribution in [3.05, 3.63) is 52.3 Å². The van der Waals surface area contributed by atoms with Gasteiger partial charge in [-0.2, -0.15) is 5.10 Å². The van der Waals surface area contributed by atoms with Crippen LogP contribution in [0.1, 0.15) is 70.3 Å². The lowest BCUT2D eigenvalue weighted by atomic mass is 10.1. The topological polar surface area (TPSA) is 82.5 Å². The van der Waals surface area contributed by atoms with Gasteiger partial charge in [-0.3, -0.25) is 9.48 Å². The molecule has 1 aliphatic heterocycles. The van der Waals surface area contributed by atoms with Crippen molar-refractivity contribution in [2.45, 2.75) is 58.9 Å². The first-order chi connectivity index (χ1) is 15.5. The van der Waals surface area contributed by atoms with Crippen molar-refractivity contribution in [3.8, 4) is 0 Å². The quantitative estimate of drug-likeness (QED) is 0.697. The van der Waals surface area contributed by atoms with Gasteiger partial charge in [-0.25, -0.2) is 4.79 Å². The smallest absolute Gasteiger partial charge is 0.338 e. The van der Waals surface area contributed by atoms with Crippen LogP contribution < -0.4 is 5.32 Å². The Kier molecular flexibility index (Phi) is 6.94. The highest BCUT2D eigenvalue weighted by atomic mass is 16.5. The molecule has 172 valence electrons. The number of esters is 1. The molecule has 0 unspecified atom stereocenters. The molecule has 7 heteroatoms. The molecule has 0 spiro atoms. The molecule has 2 heterocycles. The van der Waals surface area contributed by atoms with Gasteiger partial charge in [0.2, 0.25) is 0 Å². The molecule has 1 aromatic carbocycles. The number of aromatic nitrogens is 2. The summed E-state index contributed by atoms with van der Waals surface area (Å²) in [6, 6.07) is 7.43. The van der Waals surface area contributed by atoms with E-state index in [1.807, 2.05) is 30.7 Å². The number of rotatable bonds is 6. The largest absolute Gasteiger partial charge is 0.461 e. The van der Waals surface area contributed by atoms with Gasteiger partial charge in [0.1, 0.15) is 0 Å². The molecule has 4 rings (SSSR count). The van der Waals surface area contributed by atoms with E-state index in [2.05, 4.69) is 5.32 Å². The second kappa shape index (κ2) is 9.86. The van der Waals surface area contributed by atoms with Crippen molar-refractivity contribution >= 4 is 11.9 Å². The fourth-order valence-electron chi connectivity index (χ4n) is 4.19. The standard InChI is InChI=1S/C25H33N3O4/c1-3-20-22-21(6-4-14-31-15-5-13-26-23(22)29)28(27-20)16-25(11-12-25)17-32-24(30)19-9-7-18(2)8-10-19/h7-10H,3-6,11-17H2,1-2H3,(H,26,29). The van der Waals surface area contributed by atoms with Crippen LogP contribution in [0.25, 0.3) is 0 Å². The lowest BCUT2D eigenvalue weighted by Crippen LogP contribution is -2.27. The molecule has 1 fully saturated rings. The van der Waals surface area contributed by atoms with E-state index < -0.39 is 0 Å². The van der Waals surface area contributed by atoms with Crippen LogP contribution in [-0.2, 0) is 28.9 Å². The van der Waals surface area contributed by atoms with E-state index in [0.717, 1.165) is 54.6 Å². The fourth-order valence-corrected chi connectivity index (χ4v) is 4.19. The van der Waals surface area contributed by atoms with E-state index in [9.17, 15) is 9.59 Å². The van der Waals surface area contributed by atoms with Crippen molar-refractivity contribution < 1.29 is 19.1 Å². The molecule has 7 nitrogen and oxygen atoms in total. The Morgan fingerprint density at radius 2 is 1.97 bits per heavy atom. The molecule has 0 atom stereocenters. The van der Waals surface area contributed by atoms with Crippen molar-refractivity contribution in [1.82, 2.24) is 15.1 Å². The highest BCUT2D eigenvalue weighted by Gasteiger charge is 2.45. The molecular weight excluding hydrogens is 406 g/mol. The average molecular weight is 440 g/mol. The molecule has 32 heavy (non-hydrogen) atoms. The number of benzene rings is 1. The maximum atomic E-state index is 12.9. The monoisotopic (exact) mass is 439 g/mol. The number of aryl methyl sites for hydroxylation is 2. The number of carbonyl (C=O) groups excluding carboxylic acids is 2. The summed E-state index contributed by atoms with van der Waals surface area (Å²) in [7, 11) is 0. The highest BCUT2D eigenvalue weighted by molar-refractivity contribution is 5.96. The number of carbonyl (C=O) groups is 2. The number of hydrogen-bond donors (Lipinski definition) is 1. The Morgan fingerprint density at radius 1 is 1.22 bits per heavy atom. The average Bonchev–Trinajstić information content (AvgIpc) is 3.48. The van der Waals surface area contributed by atoms with Gasteiger partial charge in [-0.05, 0) is 57.6 Å². The van der Waals surface area contributed by atoms with Crippen LogP contribution in [0.3, 0.4) is 0 Å². The molecule has 0 saturated heterocycles. The lowest BCUT2D eigenvalue weighted by molar-refractivity contribution is 0.0396. The molecule has 1 saturated carbocycles. The van der Waals surface area contributed by atoms with Crippen LogP contribution in [0, 0.1) is 12.3 Å². The predicted octanol–water partition coefficient (Wildman–Crippen LogP) is 3.47. The van der Waals surface area contributed by atoms with Gasteiger partial charge in [0.05, 0.1) is 35.7 Å². The lowest BCUT2D eigenvalue weighted by Gasteiger charge is -2.18. The Hall–Kier alpha value is -2.67. The normalized spacial score (nSPS) is 18.2. The molecular formula is C25H33N3O4. The SMILES string of the molecule is CCc1nn(CC2(COC(=O)c3ccc(C)cc3)CC2)c2c1C(=O)NCCCOCCC2. The first-order valence-corrected chi connectivity index (χ1v) is 11.7. The van der Waals surface area contributed by atoms with E-state index in [1.165, 1.54) is 0 Å². The van der Waals surface area contributed by atoms with Gasteiger partial charge in [0.15, 0.2) is 0 Å². The summed E-state index contributed by atoms with van der Waals surface area (Å²) in [5.74, 6) is -0.331. The van der Waals surface area contributed by atoms with Crippen molar-refractivity contribution in [3.63, 3.8) is 0 Å². The van der Waals surface area contributed by atoms with Crippen LogP contribution in [0.2, 0.25) is 0 Å².